The molecule has 0 saturated heterocycles. The van der Waals surface area contributed by atoms with Crippen molar-refractivity contribution in [2.24, 2.45) is 11.0 Å². The van der Waals surface area contributed by atoms with E-state index in [0.717, 1.165) is 34.0 Å². The van der Waals surface area contributed by atoms with E-state index in [1.54, 1.807) is 25.7 Å². The van der Waals surface area contributed by atoms with Crippen molar-refractivity contribution in [2.75, 3.05) is 7.11 Å². The Bertz CT molecular complexity index is 1010. The highest BCUT2D eigenvalue weighted by atomic mass is 16.5. The molecule has 0 radical (unpaired) electrons. The molecule has 1 aliphatic carbocycles. The Hall–Kier alpha value is -3.28. The van der Waals surface area contributed by atoms with Gasteiger partial charge >= 0.3 is 0 Å². The molecule has 6 heteroatoms. The molecule has 2 heterocycles. The van der Waals surface area contributed by atoms with E-state index in [1.807, 2.05) is 43.3 Å². The van der Waals surface area contributed by atoms with Gasteiger partial charge in [0.2, 0.25) is 11.8 Å². The number of nitrogens with zero attached hydrogens (tertiary/aromatic N) is 3. The second-order valence-corrected chi connectivity index (χ2v) is 6.73. The van der Waals surface area contributed by atoms with Crippen molar-refractivity contribution in [3.63, 3.8) is 0 Å². The number of amides is 1. The van der Waals surface area contributed by atoms with Gasteiger partial charge in [0.15, 0.2) is 0 Å². The van der Waals surface area contributed by atoms with Gasteiger partial charge in [0.05, 0.1) is 18.8 Å². The van der Waals surface area contributed by atoms with E-state index < -0.39 is 0 Å². The van der Waals surface area contributed by atoms with Crippen LogP contribution >= 0.6 is 0 Å². The number of benzene rings is 1. The standard InChI is InChI=1S/C21H20N4O2/c1-13-8-14(9-15-4-3-7-22-20(13)15)11-24-25-21(26)18-10-17(18)16-5-6-19(27-2)23-12-16/h3-9,11-12,17-18H,10H2,1-2H3,(H,25,26)/t17-,18+/m0/s1. The summed E-state index contributed by atoms with van der Waals surface area (Å²) in [5.41, 5.74) is 6.69. The number of aromatic nitrogens is 2. The highest BCUT2D eigenvalue weighted by molar-refractivity contribution is 5.91. The smallest absolute Gasteiger partial charge is 0.243 e. The van der Waals surface area contributed by atoms with Crippen LogP contribution in [0.25, 0.3) is 10.9 Å². The summed E-state index contributed by atoms with van der Waals surface area (Å²) >= 11 is 0. The summed E-state index contributed by atoms with van der Waals surface area (Å²) < 4.78 is 5.06. The molecule has 0 bridgehead atoms. The molecular weight excluding hydrogens is 340 g/mol. The molecule has 1 aromatic carbocycles. The second kappa shape index (κ2) is 7.15. The number of hydrogen-bond donors (Lipinski definition) is 1. The minimum Gasteiger partial charge on any atom is -0.481 e. The van der Waals surface area contributed by atoms with Crippen LogP contribution < -0.4 is 10.2 Å². The first-order chi connectivity index (χ1) is 13.2. The quantitative estimate of drug-likeness (QED) is 0.560. The minimum atomic E-state index is -0.0637. The first-order valence-electron chi connectivity index (χ1n) is 8.84. The number of methoxy groups -OCH3 is 1. The van der Waals surface area contributed by atoms with Crippen LogP contribution in [0.2, 0.25) is 0 Å². The number of rotatable bonds is 5. The van der Waals surface area contributed by atoms with Crippen molar-refractivity contribution in [2.45, 2.75) is 19.3 Å². The number of nitrogens with one attached hydrogen (secondary N) is 1. The second-order valence-electron chi connectivity index (χ2n) is 6.73. The summed E-state index contributed by atoms with van der Waals surface area (Å²) in [7, 11) is 1.58. The van der Waals surface area contributed by atoms with Gasteiger partial charge in [0.25, 0.3) is 0 Å². The zero-order valence-corrected chi connectivity index (χ0v) is 15.2. The Morgan fingerprint density at radius 1 is 1.30 bits per heavy atom. The van der Waals surface area contributed by atoms with Crippen LogP contribution in [0.15, 0.2) is 53.9 Å². The zero-order chi connectivity index (χ0) is 18.8. The largest absolute Gasteiger partial charge is 0.481 e. The zero-order valence-electron chi connectivity index (χ0n) is 15.2. The predicted molar refractivity (Wildman–Crippen MR) is 104 cm³/mol. The molecule has 0 aliphatic heterocycles. The van der Waals surface area contributed by atoms with Crippen LogP contribution in [0, 0.1) is 12.8 Å². The summed E-state index contributed by atoms with van der Waals surface area (Å²) in [6, 6.07) is 11.7. The molecule has 1 saturated carbocycles. The van der Waals surface area contributed by atoms with Crippen molar-refractivity contribution in [1.82, 2.24) is 15.4 Å². The summed E-state index contributed by atoms with van der Waals surface area (Å²) in [6.07, 6.45) is 6.04. The number of carbonyl (C=O) groups excluding carboxylic acids is 1. The number of pyridine rings is 2. The van der Waals surface area contributed by atoms with E-state index in [-0.39, 0.29) is 17.7 Å². The number of aryl methyl sites for hydroxylation is 1. The molecule has 2 atom stereocenters. The van der Waals surface area contributed by atoms with Gasteiger partial charge in [-0.1, -0.05) is 12.1 Å². The van der Waals surface area contributed by atoms with Crippen LogP contribution in [0.5, 0.6) is 5.88 Å². The fraction of sp³-hybridized carbons (Fsp3) is 0.238. The third-order valence-corrected chi connectivity index (χ3v) is 4.83. The first-order valence-corrected chi connectivity index (χ1v) is 8.84. The van der Waals surface area contributed by atoms with Gasteiger partial charge in [-0.2, -0.15) is 5.10 Å². The monoisotopic (exact) mass is 360 g/mol. The van der Waals surface area contributed by atoms with Crippen LogP contribution in [-0.2, 0) is 4.79 Å². The lowest BCUT2D eigenvalue weighted by atomic mass is 10.1. The summed E-state index contributed by atoms with van der Waals surface area (Å²) in [5, 5.41) is 5.18. The molecule has 0 spiro atoms. The fourth-order valence-electron chi connectivity index (χ4n) is 3.32. The molecule has 1 aliphatic rings. The lowest BCUT2D eigenvalue weighted by Gasteiger charge is -2.03. The van der Waals surface area contributed by atoms with E-state index in [0.29, 0.717) is 5.88 Å². The van der Waals surface area contributed by atoms with Crippen molar-refractivity contribution in [1.29, 1.82) is 0 Å². The molecular formula is C21H20N4O2. The molecule has 27 heavy (non-hydrogen) atoms. The highest BCUT2D eigenvalue weighted by Gasteiger charge is 2.44. The number of fused-ring (bicyclic) bond motifs is 1. The van der Waals surface area contributed by atoms with Gasteiger partial charge in [-0.25, -0.2) is 10.4 Å². The SMILES string of the molecule is COc1ccc([C@@H]2C[C@H]2C(=O)NN=Cc2cc(C)c3ncccc3c2)cn1. The number of hydrazone groups is 1. The molecule has 2 aromatic heterocycles. The number of ether oxygens (including phenoxy) is 1. The maximum absolute atomic E-state index is 12.3. The lowest BCUT2D eigenvalue weighted by Crippen LogP contribution is -2.20. The Morgan fingerprint density at radius 2 is 2.19 bits per heavy atom. The van der Waals surface area contributed by atoms with Crippen LogP contribution in [0.1, 0.15) is 29.0 Å². The number of hydrogen-bond acceptors (Lipinski definition) is 5. The first kappa shape index (κ1) is 17.1. The van der Waals surface area contributed by atoms with Gasteiger partial charge < -0.3 is 4.74 Å². The van der Waals surface area contributed by atoms with Crippen molar-refractivity contribution in [3.05, 3.63) is 65.5 Å². The Labute approximate surface area is 157 Å². The van der Waals surface area contributed by atoms with Crippen molar-refractivity contribution in [3.8, 4) is 5.88 Å². The molecule has 6 nitrogen and oxygen atoms in total. The highest BCUT2D eigenvalue weighted by Crippen LogP contribution is 2.47. The fourth-order valence-corrected chi connectivity index (χ4v) is 3.32. The van der Waals surface area contributed by atoms with Gasteiger partial charge in [-0.3, -0.25) is 9.78 Å². The van der Waals surface area contributed by atoms with Gasteiger partial charge in [-0.15, -0.1) is 0 Å². The van der Waals surface area contributed by atoms with Crippen molar-refractivity contribution < 1.29 is 9.53 Å². The van der Waals surface area contributed by atoms with Crippen LogP contribution in [0.3, 0.4) is 0 Å². The van der Waals surface area contributed by atoms with Gasteiger partial charge in [0.1, 0.15) is 0 Å². The lowest BCUT2D eigenvalue weighted by molar-refractivity contribution is -0.122. The van der Waals surface area contributed by atoms with Gasteiger partial charge in [0, 0.05) is 29.8 Å². The molecule has 1 fully saturated rings. The molecule has 1 N–H and O–H groups in total. The van der Waals surface area contributed by atoms with E-state index in [1.165, 1.54) is 0 Å². The van der Waals surface area contributed by atoms with Gasteiger partial charge in [-0.05, 0) is 54.2 Å². The Kier molecular flexibility index (Phi) is 4.54. The molecule has 4 rings (SSSR count). The van der Waals surface area contributed by atoms with E-state index in [4.69, 9.17) is 4.74 Å². The van der Waals surface area contributed by atoms with E-state index >= 15 is 0 Å². The molecule has 1 amide bonds. The average Bonchev–Trinajstić information content (AvgIpc) is 3.49. The summed E-state index contributed by atoms with van der Waals surface area (Å²) in [6.45, 7) is 2.02. The summed E-state index contributed by atoms with van der Waals surface area (Å²) in [4.78, 5) is 20.9. The third-order valence-electron chi connectivity index (χ3n) is 4.83. The van der Waals surface area contributed by atoms with Crippen LogP contribution in [0.4, 0.5) is 0 Å². The third kappa shape index (κ3) is 3.65. The summed E-state index contributed by atoms with van der Waals surface area (Å²) in [5.74, 6) is 0.657. The molecule has 3 aromatic rings. The van der Waals surface area contributed by atoms with Crippen LogP contribution in [-0.4, -0.2) is 29.2 Å². The Balaban J connectivity index is 1.38. The molecule has 0 unspecified atom stereocenters. The minimum absolute atomic E-state index is 0.0557. The number of carbonyl (C=O) groups is 1. The Morgan fingerprint density at radius 3 is 2.96 bits per heavy atom. The van der Waals surface area contributed by atoms with Crippen molar-refractivity contribution >= 4 is 23.0 Å². The van der Waals surface area contributed by atoms with E-state index in [2.05, 4.69) is 20.5 Å². The molecule has 136 valence electrons. The average molecular weight is 360 g/mol. The maximum Gasteiger partial charge on any atom is 0.243 e. The predicted octanol–water partition coefficient (Wildman–Crippen LogP) is 3.20. The normalized spacial score (nSPS) is 18.6. The van der Waals surface area contributed by atoms with E-state index in [9.17, 15) is 4.79 Å². The maximum atomic E-state index is 12.3. The topological polar surface area (TPSA) is 76.5 Å².